The molecule has 5 heteroatoms. The minimum Gasteiger partial charge on any atom is -0.206 e. The van der Waals surface area contributed by atoms with Gasteiger partial charge in [-0.3, -0.25) is 0 Å². The Bertz CT molecular complexity index is 822. The summed E-state index contributed by atoms with van der Waals surface area (Å²) in [6.07, 6.45) is 9.07. The standard InChI is InChI=1S/C25H29F5/c1-3-4-5-16-6-8-18(9-7-16)15(2)10-17-11-20(26)24(21(27)12-17)19-13-22(28)25(30)23(29)14-19/h11-16,18H,3-10H2,1-2H3. The first kappa shape index (κ1) is 22.8. The quantitative estimate of drug-likeness (QED) is 0.310. The zero-order valence-corrected chi connectivity index (χ0v) is 17.6. The van der Waals surface area contributed by atoms with E-state index < -0.39 is 34.6 Å². The van der Waals surface area contributed by atoms with Crippen LogP contribution in [0.1, 0.15) is 64.4 Å². The third kappa shape index (κ3) is 5.22. The first-order valence-electron chi connectivity index (χ1n) is 10.9. The molecule has 164 valence electrons. The first-order chi connectivity index (χ1) is 14.3. The Hall–Kier alpha value is -1.91. The molecule has 3 rings (SSSR count). The number of hydrogen-bond donors (Lipinski definition) is 0. The normalized spacial score (nSPS) is 20.4. The van der Waals surface area contributed by atoms with Crippen molar-refractivity contribution in [3.8, 4) is 11.1 Å². The van der Waals surface area contributed by atoms with Gasteiger partial charge < -0.3 is 0 Å². The van der Waals surface area contributed by atoms with Gasteiger partial charge in [-0.1, -0.05) is 46.0 Å². The molecule has 2 aromatic rings. The highest BCUT2D eigenvalue weighted by molar-refractivity contribution is 5.65. The van der Waals surface area contributed by atoms with Crippen LogP contribution < -0.4 is 0 Å². The van der Waals surface area contributed by atoms with Crippen molar-refractivity contribution in [1.82, 2.24) is 0 Å². The second kappa shape index (κ2) is 9.93. The molecule has 1 fully saturated rings. The molecule has 1 saturated carbocycles. The van der Waals surface area contributed by atoms with Crippen molar-refractivity contribution in [2.45, 2.75) is 65.2 Å². The summed E-state index contributed by atoms with van der Waals surface area (Å²) < 4.78 is 69.4. The maximum Gasteiger partial charge on any atom is 0.194 e. The van der Waals surface area contributed by atoms with Gasteiger partial charge in [0.2, 0.25) is 0 Å². The summed E-state index contributed by atoms with van der Waals surface area (Å²) in [7, 11) is 0. The van der Waals surface area contributed by atoms with E-state index in [9.17, 15) is 22.0 Å². The first-order valence-corrected chi connectivity index (χ1v) is 10.9. The minimum atomic E-state index is -1.66. The molecule has 1 unspecified atom stereocenters. The van der Waals surface area contributed by atoms with Crippen molar-refractivity contribution in [2.75, 3.05) is 0 Å². The van der Waals surface area contributed by atoms with Gasteiger partial charge in [0.1, 0.15) is 11.6 Å². The second-order valence-corrected chi connectivity index (χ2v) is 8.79. The lowest BCUT2D eigenvalue weighted by atomic mass is 9.73. The lowest BCUT2D eigenvalue weighted by Gasteiger charge is -2.32. The number of hydrogen-bond acceptors (Lipinski definition) is 0. The van der Waals surface area contributed by atoms with E-state index in [-0.39, 0.29) is 5.56 Å². The van der Waals surface area contributed by atoms with Crippen molar-refractivity contribution in [2.24, 2.45) is 17.8 Å². The Morgan fingerprint density at radius 1 is 0.833 bits per heavy atom. The smallest absolute Gasteiger partial charge is 0.194 e. The third-order valence-electron chi connectivity index (χ3n) is 6.59. The van der Waals surface area contributed by atoms with Crippen molar-refractivity contribution < 1.29 is 22.0 Å². The van der Waals surface area contributed by atoms with Crippen molar-refractivity contribution >= 4 is 0 Å². The van der Waals surface area contributed by atoms with Gasteiger partial charge in [0.05, 0.1) is 5.56 Å². The van der Waals surface area contributed by atoms with Crippen LogP contribution in [0.3, 0.4) is 0 Å². The maximum absolute atomic E-state index is 14.6. The fourth-order valence-electron chi connectivity index (χ4n) is 4.80. The summed E-state index contributed by atoms with van der Waals surface area (Å²) >= 11 is 0. The number of rotatable bonds is 7. The van der Waals surface area contributed by atoms with Gasteiger partial charge in [-0.05, 0) is 72.4 Å². The summed E-state index contributed by atoms with van der Waals surface area (Å²) in [6, 6.07) is 3.67. The largest absolute Gasteiger partial charge is 0.206 e. The molecular weight excluding hydrogens is 395 g/mol. The Labute approximate surface area is 175 Å². The molecule has 0 aromatic heterocycles. The molecule has 1 atom stereocenters. The Morgan fingerprint density at radius 3 is 1.93 bits per heavy atom. The molecule has 0 heterocycles. The zero-order valence-electron chi connectivity index (χ0n) is 17.6. The zero-order chi connectivity index (χ0) is 21.8. The molecule has 2 aromatic carbocycles. The lowest BCUT2D eigenvalue weighted by Crippen LogP contribution is -2.21. The predicted octanol–water partition coefficient (Wildman–Crippen LogP) is 8.22. The lowest BCUT2D eigenvalue weighted by molar-refractivity contribution is 0.204. The van der Waals surface area contributed by atoms with E-state index in [0.29, 0.717) is 36.0 Å². The van der Waals surface area contributed by atoms with E-state index >= 15 is 0 Å². The molecule has 0 N–H and O–H groups in total. The van der Waals surface area contributed by atoms with Crippen LogP contribution in [0, 0.1) is 46.8 Å². The van der Waals surface area contributed by atoms with Crippen LogP contribution in [0.4, 0.5) is 22.0 Å². The molecular formula is C25H29F5. The number of benzene rings is 2. The molecule has 0 amide bonds. The molecule has 0 aliphatic heterocycles. The molecule has 1 aliphatic rings. The van der Waals surface area contributed by atoms with Gasteiger partial charge in [0.15, 0.2) is 17.5 Å². The van der Waals surface area contributed by atoms with Gasteiger partial charge in [-0.15, -0.1) is 0 Å². The Kier molecular flexibility index (Phi) is 7.54. The molecule has 0 radical (unpaired) electrons. The summed E-state index contributed by atoms with van der Waals surface area (Å²) in [5, 5.41) is 0. The molecule has 0 bridgehead atoms. The van der Waals surface area contributed by atoms with Gasteiger partial charge in [-0.25, -0.2) is 22.0 Å². The molecule has 0 spiro atoms. The molecule has 0 saturated heterocycles. The van der Waals surface area contributed by atoms with Gasteiger partial charge in [-0.2, -0.15) is 0 Å². The topological polar surface area (TPSA) is 0 Å². The van der Waals surface area contributed by atoms with Crippen LogP contribution in [-0.4, -0.2) is 0 Å². The van der Waals surface area contributed by atoms with Gasteiger partial charge in [0.25, 0.3) is 0 Å². The average Bonchev–Trinajstić information content (AvgIpc) is 2.70. The highest BCUT2D eigenvalue weighted by Gasteiger charge is 2.26. The molecule has 1 aliphatic carbocycles. The van der Waals surface area contributed by atoms with Gasteiger partial charge in [0, 0.05) is 0 Å². The van der Waals surface area contributed by atoms with Crippen LogP contribution in [0.5, 0.6) is 0 Å². The van der Waals surface area contributed by atoms with Crippen LogP contribution in [-0.2, 0) is 6.42 Å². The fraction of sp³-hybridized carbons (Fsp3) is 0.520. The second-order valence-electron chi connectivity index (χ2n) is 8.79. The van der Waals surface area contributed by atoms with Crippen LogP contribution >= 0.6 is 0 Å². The van der Waals surface area contributed by atoms with E-state index in [4.69, 9.17) is 0 Å². The summed E-state index contributed by atoms with van der Waals surface area (Å²) in [5.41, 5.74) is -0.371. The van der Waals surface area contributed by atoms with Crippen LogP contribution in [0.2, 0.25) is 0 Å². The van der Waals surface area contributed by atoms with Crippen molar-refractivity contribution in [1.29, 1.82) is 0 Å². The van der Waals surface area contributed by atoms with E-state index in [2.05, 4.69) is 13.8 Å². The summed E-state index contributed by atoms with van der Waals surface area (Å²) in [4.78, 5) is 0. The Balaban J connectivity index is 1.70. The summed E-state index contributed by atoms with van der Waals surface area (Å²) in [5.74, 6) is -4.77. The average molecular weight is 424 g/mol. The van der Waals surface area contributed by atoms with Crippen LogP contribution in [0.25, 0.3) is 11.1 Å². The number of halogens is 5. The minimum absolute atomic E-state index is 0.294. The monoisotopic (exact) mass is 424 g/mol. The van der Waals surface area contributed by atoms with Crippen LogP contribution in [0.15, 0.2) is 24.3 Å². The SMILES string of the molecule is CCCCC1CCC(C(C)Cc2cc(F)c(-c3cc(F)c(F)c(F)c3)c(F)c2)CC1. The fourth-order valence-corrected chi connectivity index (χ4v) is 4.80. The highest BCUT2D eigenvalue weighted by atomic mass is 19.2. The molecule has 30 heavy (non-hydrogen) atoms. The van der Waals surface area contributed by atoms with Gasteiger partial charge >= 0.3 is 0 Å². The Morgan fingerprint density at radius 2 is 1.40 bits per heavy atom. The highest BCUT2D eigenvalue weighted by Crippen LogP contribution is 2.37. The van der Waals surface area contributed by atoms with Crippen molar-refractivity contribution in [3.63, 3.8) is 0 Å². The van der Waals surface area contributed by atoms with E-state index in [0.717, 1.165) is 18.8 Å². The maximum atomic E-state index is 14.6. The van der Waals surface area contributed by atoms with E-state index in [1.807, 2.05) is 0 Å². The van der Waals surface area contributed by atoms with Crippen molar-refractivity contribution in [3.05, 3.63) is 58.9 Å². The number of unbranched alkanes of at least 4 members (excludes halogenated alkanes) is 1. The predicted molar refractivity (Wildman–Crippen MR) is 110 cm³/mol. The third-order valence-corrected chi connectivity index (χ3v) is 6.59. The molecule has 0 nitrogen and oxygen atoms in total. The van der Waals surface area contributed by atoms with E-state index in [1.165, 1.54) is 44.2 Å². The van der Waals surface area contributed by atoms with E-state index in [1.54, 1.807) is 0 Å². The summed E-state index contributed by atoms with van der Waals surface area (Å²) in [6.45, 7) is 4.33.